The van der Waals surface area contributed by atoms with E-state index in [1.165, 1.54) is 34.2 Å². The Labute approximate surface area is 177 Å². The Bertz CT molecular complexity index is 1150. The van der Waals surface area contributed by atoms with Crippen LogP contribution in [0.5, 0.6) is 0 Å². The number of carbonyl (C=O) groups excluding carboxylic acids is 2. The first-order valence-electron chi connectivity index (χ1n) is 10.1. The number of hydrogen-bond donors (Lipinski definition) is 1. The number of anilines is 1. The van der Waals surface area contributed by atoms with E-state index in [2.05, 4.69) is 25.5 Å². The first-order chi connectivity index (χ1) is 15.0. The molecule has 3 aromatic heterocycles. The van der Waals surface area contributed by atoms with Crippen LogP contribution in [0, 0.1) is 5.82 Å². The molecule has 160 valence electrons. The lowest BCUT2D eigenvalue weighted by molar-refractivity contribution is -0.120. The predicted octanol–water partition coefficient (Wildman–Crippen LogP) is 1.10. The normalized spacial score (nSPS) is 18.6. The smallest absolute Gasteiger partial charge is 0.291 e. The minimum absolute atomic E-state index is 0.0441. The fourth-order valence-electron chi connectivity index (χ4n) is 3.68. The number of nitrogens with zero attached hydrogens (tertiary/aromatic N) is 7. The van der Waals surface area contributed by atoms with Gasteiger partial charge in [-0.2, -0.15) is 5.10 Å². The van der Waals surface area contributed by atoms with Gasteiger partial charge in [0.25, 0.3) is 11.8 Å². The molecule has 0 radical (unpaired) electrons. The molecule has 2 aliphatic rings. The fourth-order valence-corrected chi connectivity index (χ4v) is 3.68. The molecule has 1 fully saturated rings. The largest absolute Gasteiger partial charge is 0.337 e. The van der Waals surface area contributed by atoms with Crippen LogP contribution in [-0.2, 0) is 17.9 Å². The molecule has 0 saturated heterocycles. The van der Waals surface area contributed by atoms with E-state index in [-0.39, 0.29) is 24.0 Å². The molecule has 1 N–H and O–H groups in total. The van der Waals surface area contributed by atoms with Crippen LogP contribution in [-0.4, -0.2) is 54.4 Å². The van der Waals surface area contributed by atoms with E-state index in [0.29, 0.717) is 18.9 Å². The van der Waals surface area contributed by atoms with Gasteiger partial charge in [-0.3, -0.25) is 19.5 Å². The maximum absolute atomic E-state index is 13.8. The molecular formula is C20H21FN8O2. The van der Waals surface area contributed by atoms with E-state index in [1.54, 1.807) is 7.05 Å². The second-order valence-electron chi connectivity index (χ2n) is 7.83. The summed E-state index contributed by atoms with van der Waals surface area (Å²) in [7, 11) is 1.69. The van der Waals surface area contributed by atoms with Gasteiger partial charge in [-0.05, 0) is 31.4 Å². The van der Waals surface area contributed by atoms with E-state index >= 15 is 0 Å². The van der Waals surface area contributed by atoms with Gasteiger partial charge in [0.2, 0.25) is 5.82 Å². The van der Waals surface area contributed by atoms with Crippen LogP contribution in [0.2, 0.25) is 0 Å². The van der Waals surface area contributed by atoms with E-state index < -0.39 is 17.8 Å². The molecule has 1 saturated carbocycles. The molecule has 11 heteroatoms. The third kappa shape index (κ3) is 3.78. The molecule has 1 aliphatic heterocycles. The number of amides is 2. The molecular weight excluding hydrogens is 403 g/mol. The number of carbonyl (C=O) groups is 2. The molecule has 2 amide bonds. The van der Waals surface area contributed by atoms with Gasteiger partial charge in [-0.15, -0.1) is 5.10 Å². The highest BCUT2D eigenvalue weighted by Crippen LogP contribution is 2.40. The molecule has 1 atom stereocenters. The van der Waals surface area contributed by atoms with Crippen molar-refractivity contribution >= 4 is 17.6 Å². The van der Waals surface area contributed by atoms with Crippen LogP contribution < -0.4 is 10.2 Å². The molecule has 31 heavy (non-hydrogen) atoms. The van der Waals surface area contributed by atoms with Crippen molar-refractivity contribution in [3.05, 3.63) is 53.8 Å². The Kier molecular flexibility index (Phi) is 4.72. The number of aryl methyl sites for hydroxylation is 1. The quantitative estimate of drug-likeness (QED) is 0.657. The zero-order chi connectivity index (χ0) is 21.5. The molecule has 4 heterocycles. The first-order valence-corrected chi connectivity index (χ1v) is 10.1. The molecule has 5 rings (SSSR count). The SMILES string of the molecule is CN1C(=O)[C@@H](NC(=O)c2ncn(Cc3ncccc3F)n2)CCn2nc(C3CC3)cc21. The minimum Gasteiger partial charge on any atom is -0.337 e. The number of aromatic nitrogens is 6. The van der Waals surface area contributed by atoms with Crippen molar-refractivity contribution in [3.8, 4) is 0 Å². The zero-order valence-electron chi connectivity index (χ0n) is 16.9. The number of fused-ring (bicyclic) bond motifs is 1. The lowest BCUT2D eigenvalue weighted by Gasteiger charge is -2.19. The molecule has 3 aromatic rings. The van der Waals surface area contributed by atoms with Gasteiger partial charge in [-0.1, -0.05) is 0 Å². The summed E-state index contributed by atoms with van der Waals surface area (Å²) >= 11 is 0. The lowest BCUT2D eigenvalue weighted by Crippen LogP contribution is -2.47. The van der Waals surface area contributed by atoms with Crippen molar-refractivity contribution in [2.24, 2.45) is 0 Å². The number of rotatable bonds is 5. The average Bonchev–Trinajstić information content (AvgIpc) is 3.38. The second kappa shape index (κ2) is 7.56. The third-order valence-electron chi connectivity index (χ3n) is 5.57. The molecule has 0 bridgehead atoms. The van der Waals surface area contributed by atoms with Crippen molar-refractivity contribution in [1.82, 2.24) is 34.8 Å². The predicted molar refractivity (Wildman–Crippen MR) is 107 cm³/mol. The van der Waals surface area contributed by atoms with E-state index in [1.807, 2.05) is 10.7 Å². The Morgan fingerprint density at radius 2 is 2.10 bits per heavy atom. The third-order valence-corrected chi connectivity index (χ3v) is 5.57. The van der Waals surface area contributed by atoms with Crippen molar-refractivity contribution < 1.29 is 14.0 Å². The van der Waals surface area contributed by atoms with Gasteiger partial charge >= 0.3 is 0 Å². The standard InChI is InChI=1S/C20H21FN8O2/c1-27-17-9-15(12-4-5-12)25-29(17)8-6-14(20(27)31)24-19(30)18-23-11-28(26-18)10-16-13(21)3-2-7-22-16/h2-3,7,9,11-12,14H,4-6,8,10H2,1H3,(H,24,30)/t14-/m0/s1. The number of nitrogens with one attached hydrogen (secondary N) is 1. The first kappa shape index (κ1) is 19.3. The highest BCUT2D eigenvalue weighted by atomic mass is 19.1. The van der Waals surface area contributed by atoms with Gasteiger partial charge < -0.3 is 5.32 Å². The van der Waals surface area contributed by atoms with E-state index in [4.69, 9.17) is 0 Å². The van der Waals surface area contributed by atoms with Crippen LogP contribution in [0.4, 0.5) is 10.2 Å². The highest BCUT2D eigenvalue weighted by molar-refractivity contribution is 6.00. The molecule has 10 nitrogen and oxygen atoms in total. The topological polar surface area (TPSA) is 111 Å². The fraction of sp³-hybridized carbons (Fsp3) is 0.400. The maximum Gasteiger partial charge on any atom is 0.291 e. The zero-order valence-corrected chi connectivity index (χ0v) is 16.9. The monoisotopic (exact) mass is 424 g/mol. The van der Waals surface area contributed by atoms with Gasteiger partial charge in [0.1, 0.15) is 24.0 Å². The van der Waals surface area contributed by atoms with Crippen LogP contribution in [0.1, 0.15) is 47.2 Å². The van der Waals surface area contributed by atoms with E-state index in [0.717, 1.165) is 24.4 Å². The summed E-state index contributed by atoms with van der Waals surface area (Å²) in [5, 5.41) is 11.4. The summed E-state index contributed by atoms with van der Waals surface area (Å²) in [6, 6.07) is 4.04. The van der Waals surface area contributed by atoms with Gasteiger partial charge in [-0.25, -0.2) is 18.7 Å². The summed E-state index contributed by atoms with van der Waals surface area (Å²) in [5.74, 6) is -0.0969. The Balaban J connectivity index is 1.26. The Hall–Kier alpha value is -3.63. The van der Waals surface area contributed by atoms with Crippen molar-refractivity contribution in [3.63, 3.8) is 0 Å². The molecule has 0 spiro atoms. The number of hydrogen-bond acceptors (Lipinski definition) is 6. The summed E-state index contributed by atoms with van der Waals surface area (Å²) < 4.78 is 16.9. The second-order valence-corrected chi connectivity index (χ2v) is 7.83. The van der Waals surface area contributed by atoms with Gasteiger partial charge in [0, 0.05) is 31.8 Å². The van der Waals surface area contributed by atoms with Crippen molar-refractivity contribution in [1.29, 1.82) is 0 Å². The van der Waals surface area contributed by atoms with Crippen LogP contribution in [0.3, 0.4) is 0 Å². The minimum atomic E-state index is -0.719. The van der Waals surface area contributed by atoms with Crippen LogP contribution >= 0.6 is 0 Å². The molecule has 0 aromatic carbocycles. The summed E-state index contributed by atoms with van der Waals surface area (Å²) in [4.78, 5) is 35.1. The van der Waals surface area contributed by atoms with Crippen LogP contribution in [0.25, 0.3) is 0 Å². The molecule has 1 aliphatic carbocycles. The molecule has 0 unspecified atom stereocenters. The summed E-state index contributed by atoms with van der Waals surface area (Å²) in [6.45, 7) is 0.562. The Morgan fingerprint density at radius 3 is 2.87 bits per heavy atom. The van der Waals surface area contributed by atoms with Crippen LogP contribution in [0.15, 0.2) is 30.7 Å². The summed E-state index contributed by atoms with van der Waals surface area (Å²) in [6.07, 6.45) is 5.50. The van der Waals surface area contributed by atoms with Crippen molar-refractivity contribution in [2.75, 3.05) is 11.9 Å². The number of halogens is 1. The average molecular weight is 424 g/mol. The number of pyridine rings is 1. The van der Waals surface area contributed by atoms with E-state index in [9.17, 15) is 14.0 Å². The highest BCUT2D eigenvalue weighted by Gasteiger charge is 2.34. The number of likely N-dealkylation sites (N-methyl/N-ethyl adjacent to an activating group) is 1. The Morgan fingerprint density at radius 1 is 1.26 bits per heavy atom. The van der Waals surface area contributed by atoms with Crippen molar-refractivity contribution in [2.45, 2.75) is 44.3 Å². The van der Waals surface area contributed by atoms with Gasteiger partial charge in [0.15, 0.2) is 0 Å². The van der Waals surface area contributed by atoms with Gasteiger partial charge in [0.05, 0.1) is 17.9 Å². The maximum atomic E-state index is 13.8. The lowest BCUT2D eigenvalue weighted by atomic mass is 10.2. The summed E-state index contributed by atoms with van der Waals surface area (Å²) in [5.41, 5.74) is 1.22.